The van der Waals surface area contributed by atoms with Crippen LogP contribution in [0.5, 0.6) is 0 Å². The molecular formula is C20H24FN5O. The Balaban J connectivity index is 1.34. The number of anilines is 2. The predicted molar refractivity (Wildman–Crippen MR) is 102 cm³/mol. The van der Waals surface area contributed by atoms with Gasteiger partial charge < -0.3 is 14.7 Å². The first kappa shape index (κ1) is 17.7. The highest BCUT2D eigenvalue weighted by atomic mass is 19.1. The van der Waals surface area contributed by atoms with Crippen LogP contribution in [0.1, 0.15) is 12.8 Å². The van der Waals surface area contributed by atoms with Crippen molar-refractivity contribution in [3.05, 3.63) is 48.5 Å². The summed E-state index contributed by atoms with van der Waals surface area (Å²) in [6.07, 6.45) is 5.37. The zero-order valence-corrected chi connectivity index (χ0v) is 15.3. The monoisotopic (exact) mass is 369 g/mol. The smallest absolute Gasteiger partial charge is 0.227 e. The van der Waals surface area contributed by atoms with Gasteiger partial charge in [0.2, 0.25) is 11.9 Å². The van der Waals surface area contributed by atoms with Crippen LogP contribution < -0.4 is 9.80 Å². The normalized spacial score (nSPS) is 20.6. The van der Waals surface area contributed by atoms with Gasteiger partial charge in [-0.3, -0.25) is 4.79 Å². The first-order valence-corrected chi connectivity index (χ1v) is 9.52. The van der Waals surface area contributed by atoms with E-state index < -0.39 is 0 Å². The topological polar surface area (TPSA) is 52.6 Å². The zero-order chi connectivity index (χ0) is 18.6. The van der Waals surface area contributed by atoms with E-state index in [2.05, 4.69) is 19.8 Å². The molecule has 0 radical (unpaired) electrons. The quantitative estimate of drug-likeness (QED) is 0.830. The molecular weight excluding hydrogens is 345 g/mol. The maximum Gasteiger partial charge on any atom is 0.227 e. The van der Waals surface area contributed by atoms with Crippen molar-refractivity contribution in [1.29, 1.82) is 0 Å². The Morgan fingerprint density at radius 1 is 0.963 bits per heavy atom. The van der Waals surface area contributed by atoms with Crippen LogP contribution in [0.25, 0.3) is 0 Å². The Labute approximate surface area is 158 Å². The van der Waals surface area contributed by atoms with E-state index in [4.69, 9.17) is 0 Å². The first-order chi connectivity index (χ1) is 13.2. The fourth-order valence-corrected chi connectivity index (χ4v) is 3.91. The second kappa shape index (κ2) is 7.90. The van der Waals surface area contributed by atoms with E-state index in [0.29, 0.717) is 25.6 Å². The number of hydrogen-bond donors (Lipinski definition) is 0. The van der Waals surface area contributed by atoms with Crippen LogP contribution in [0.15, 0.2) is 42.7 Å². The van der Waals surface area contributed by atoms with Crippen LogP contribution >= 0.6 is 0 Å². The van der Waals surface area contributed by atoms with Crippen molar-refractivity contribution < 1.29 is 9.18 Å². The first-order valence-electron chi connectivity index (χ1n) is 9.52. The minimum Gasteiger partial charge on any atom is -0.368 e. The predicted octanol–water partition coefficient (Wildman–Crippen LogP) is 2.18. The summed E-state index contributed by atoms with van der Waals surface area (Å²) >= 11 is 0. The molecule has 2 aromatic rings. The van der Waals surface area contributed by atoms with Gasteiger partial charge in [-0.2, -0.15) is 0 Å². The van der Waals surface area contributed by atoms with Gasteiger partial charge >= 0.3 is 0 Å². The SMILES string of the molecule is O=C(C1CCCN(c2ncccn2)C1)N1CCN(c2ccc(F)cc2)CC1. The van der Waals surface area contributed by atoms with E-state index in [1.807, 2.05) is 4.90 Å². The van der Waals surface area contributed by atoms with Gasteiger partial charge in [-0.05, 0) is 43.2 Å². The summed E-state index contributed by atoms with van der Waals surface area (Å²) in [6, 6.07) is 8.36. The average molecular weight is 369 g/mol. The lowest BCUT2D eigenvalue weighted by Crippen LogP contribution is -2.52. The number of nitrogens with zero attached hydrogens (tertiary/aromatic N) is 5. The molecule has 3 heterocycles. The number of hydrogen-bond acceptors (Lipinski definition) is 5. The lowest BCUT2D eigenvalue weighted by atomic mass is 9.96. The summed E-state index contributed by atoms with van der Waals surface area (Å²) in [6.45, 7) is 4.53. The van der Waals surface area contributed by atoms with Crippen molar-refractivity contribution in [2.75, 3.05) is 49.1 Å². The second-order valence-corrected chi connectivity index (χ2v) is 7.12. The molecule has 1 aromatic heterocycles. The number of halogens is 1. The third-order valence-corrected chi connectivity index (χ3v) is 5.39. The molecule has 1 unspecified atom stereocenters. The molecule has 1 aromatic carbocycles. The van der Waals surface area contributed by atoms with Crippen molar-refractivity contribution in [2.45, 2.75) is 12.8 Å². The fraction of sp³-hybridized carbons (Fsp3) is 0.450. The number of carbonyl (C=O) groups excluding carboxylic acids is 1. The molecule has 0 aliphatic carbocycles. The van der Waals surface area contributed by atoms with Crippen LogP contribution in [-0.4, -0.2) is 60.0 Å². The van der Waals surface area contributed by atoms with Crippen LogP contribution in [0.4, 0.5) is 16.0 Å². The van der Waals surface area contributed by atoms with Gasteiger partial charge in [0.15, 0.2) is 0 Å². The largest absolute Gasteiger partial charge is 0.368 e. The number of piperidine rings is 1. The maximum absolute atomic E-state index is 13.1. The van der Waals surface area contributed by atoms with E-state index >= 15 is 0 Å². The van der Waals surface area contributed by atoms with Crippen LogP contribution in [0, 0.1) is 11.7 Å². The summed E-state index contributed by atoms with van der Waals surface area (Å²) in [4.78, 5) is 27.9. The summed E-state index contributed by atoms with van der Waals surface area (Å²) < 4.78 is 13.1. The molecule has 142 valence electrons. The molecule has 4 rings (SSSR count). The molecule has 1 atom stereocenters. The van der Waals surface area contributed by atoms with Crippen molar-refractivity contribution in [3.8, 4) is 0 Å². The minimum absolute atomic E-state index is 0.0000673. The van der Waals surface area contributed by atoms with E-state index in [-0.39, 0.29) is 17.6 Å². The van der Waals surface area contributed by atoms with Gasteiger partial charge in [0, 0.05) is 57.3 Å². The number of benzene rings is 1. The Hall–Kier alpha value is -2.70. The molecule has 2 aliphatic heterocycles. The average Bonchev–Trinajstić information content (AvgIpc) is 2.75. The van der Waals surface area contributed by atoms with Crippen molar-refractivity contribution >= 4 is 17.5 Å². The molecule has 0 N–H and O–H groups in total. The number of carbonyl (C=O) groups is 1. The fourth-order valence-electron chi connectivity index (χ4n) is 3.91. The molecule has 7 heteroatoms. The molecule has 0 spiro atoms. The molecule has 27 heavy (non-hydrogen) atoms. The lowest BCUT2D eigenvalue weighted by Gasteiger charge is -2.39. The van der Waals surface area contributed by atoms with E-state index in [9.17, 15) is 9.18 Å². The minimum atomic E-state index is -0.225. The van der Waals surface area contributed by atoms with E-state index in [1.54, 1.807) is 30.6 Å². The van der Waals surface area contributed by atoms with E-state index in [1.165, 1.54) is 12.1 Å². The lowest BCUT2D eigenvalue weighted by molar-refractivity contribution is -0.136. The van der Waals surface area contributed by atoms with Gasteiger partial charge in [0.1, 0.15) is 5.82 Å². The zero-order valence-electron chi connectivity index (χ0n) is 15.3. The summed E-state index contributed by atoms with van der Waals surface area (Å²) in [7, 11) is 0. The van der Waals surface area contributed by atoms with Gasteiger partial charge in [-0.15, -0.1) is 0 Å². The molecule has 0 saturated carbocycles. The Bertz CT molecular complexity index is 762. The number of aromatic nitrogens is 2. The molecule has 2 saturated heterocycles. The van der Waals surface area contributed by atoms with Gasteiger partial charge in [-0.25, -0.2) is 14.4 Å². The van der Waals surface area contributed by atoms with Crippen LogP contribution in [0.3, 0.4) is 0 Å². The second-order valence-electron chi connectivity index (χ2n) is 7.12. The standard InChI is InChI=1S/C20H24FN5O/c21-17-4-6-18(7-5-17)24-11-13-25(14-12-24)19(27)16-3-1-10-26(15-16)20-22-8-2-9-23-20/h2,4-9,16H,1,3,10-15H2. The molecule has 2 aliphatic rings. The summed E-state index contributed by atoms with van der Waals surface area (Å²) in [5.41, 5.74) is 1.01. The Morgan fingerprint density at radius 3 is 2.37 bits per heavy atom. The number of amides is 1. The van der Waals surface area contributed by atoms with Crippen molar-refractivity contribution in [1.82, 2.24) is 14.9 Å². The molecule has 0 bridgehead atoms. The van der Waals surface area contributed by atoms with Gasteiger partial charge in [0.05, 0.1) is 5.92 Å². The Morgan fingerprint density at radius 2 is 1.67 bits per heavy atom. The van der Waals surface area contributed by atoms with Crippen LogP contribution in [0.2, 0.25) is 0 Å². The Kier molecular flexibility index (Phi) is 5.18. The third kappa shape index (κ3) is 4.02. The number of rotatable bonds is 3. The van der Waals surface area contributed by atoms with Crippen LogP contribution in [-0.2, 0) is 4.79 Å². The molecule has 6 nitrogen and oxygen atoms in total. The highest BCUT2D eigenvalue weighted by Crippen LogP contribution is 2.23. The van der Waals surface area contributed by atoms with Gasteiger partial charge in [0.25, 0.3) is 0 Å². The highest BCUT2D eigenvalue weighted by Gasteiger charge is 2.31. The molecule has 1 amide bonds. The maximum atomic E-state index is 13.1. The number of piperazine rings is 1. The summed E-state index contributed by atoms with van der Waals surface area (Å²) in [5, 5.41) is 0. The highest BCUT2D eigenvalue weighted by molar-refractivity contribution is 5.80. The van der Waals surface area contributed by atoms with Crippen molar-refractivity contribution in [3.63, 3.8) is 0 Å². The molecule has 2 fully saturated rings. The van der Waals surface area contributed by atoms with Crippen molar-refractivity contribution in [2.24, 2.45) is 5.92 Å². The third-order valence-electron chi connectivity index (χ3n) is 5.39. The summed E-state index contributed by atoms with van der Waals surface area (Å²) in [5.74, 6) is 0.710. The van der Waals surface area contributed by atoms with Gasteiger partial charge in [-0.1, -0.05) is 0 Å². The van der Waals surface area contributed by atoms with E-state index in [0.717, 1.165) is 38.2 Å².